The number of hydrogen-bond acceptors (Lipinski definition) is 4. The van der Waals surface area contributed by atoms with Crippen LogP contribution in [-0.4, -0.2) is 10.1 Å². The number of nitrogens with zero attached hydrogens (tertiary/aromatic N) is 2. The zero-order valence-electron chi connectivity index (χ0n) is 11.5. The second kappa shape index (κ2) is 5.69. The van der Waals surface area contributed by atoms with Crippen LogP contribution in [0.1, 0.15) is 17.0 Å². The van der Waals surface area contributed by atoms with Gasteiger partial charge >= 0.3 is 0 Å². The third-order valence-corrected chi connectivity index (χ3v) is 3.80. The van der Waals surface area contributed by atoms with E-state index in [1.807, 2.05) is 49.4 Å². The number of anilines is 1. The Hall–Kier alpha value is -2.14. The molecule has 0 radical (unpaired) electrons. The summed E-state index contributed by atoms with van der Waals surface area (Å²) in [4.78, 5) is 4.42. The quantitative estimate of drug-likeness (QED) is 0.730. The summed E-state index contributed by atoms with van der Waals surface area (Å²) in [6.45, 7) is 1.96. The van der Waals surface area contributed by atoms with Gasteiger partial charge in [0.05, 0.1) is 0 Å². The van der Waals surface area contributed by atoms with E-state index < -0.39 is 0 Å². The van der Waals surface area contributed by atoms with E-state index >= 15 is 0 Å². The number of halogens is 1. The minimum atomic E-state index is 0.494. The van der Waals surface area contributed by atoms with Gasteiger partial charge in [-0.15, -0.1) is 0 Å². The molecule has 0 unspecified atom stereocenters. The van der Waals surface area contributed by atoms with Crippen LogP contribution in [0.25, 0.3) is 11.5 Å². The van der Waals surface area contributed by atoms with Gasteiger partial charge in [0.15, 0.2) is 5.82 Å². The monoisotopic (exact) mass is 343 g/mol. The molecule has 0 saturated heterocycles. The van der Waals surface area contributed by atoms with Gasteiger partial charge in [0.1, 0.15) is 0 Å². The van der Waals surface area contributed by atoms with Gasteiger partial charge in [-0.2, -0.15) is 4.98 Å². The summed E-state index contributed by atoms with van der Waals surface area (Å²) in [5.41, 5.74) is 9.64. The zero-order chi connectivity index (χ0) is 14.8. The van der Waals surface area contributed by atoms with Crippen molar-refractivity contribution in [3.63, 3.8) is 0 Å². The van der Waals surface area contributed by atoms with Gasteiger partial charge in [-0.1, -0.05) is 39.3 Å². The minimum absolute atomic E-state index is 0.494. The van der Waals surface area contributed by atoms with Crippen LogP contribution in [-0.2, 0) is 6.42 Å². The molecule has 1 aromatic heterocycles. The zero-order valence-corrected chi connectivity index (χ0v) is 13.1. The first-order valence-electron chi connectivity index (χ1n) is 6.55. The second-order valence-electron chi connectivity index (χ2n) is 4.89. The minimum Gasteiger partial charge on any atom is -0.398 e. The molecule has 0 aliphatic heterocycles. The second-order valence-corrected chi connectivity index (χ2v) is 5.81. The lowest BCUT2D eigenvalue weighted by atomic mass is 10.1. The lowest BCUT2D eigenvalue weighted by Crippen LogP contribution is -1.91. The Morgan fingerprint density at radius 3 is 2.62 bits per heavy atom. The van der Waals surface area contributed by atoms with E-state index in [1.54, 1.807) is 0 Å². The van der Waals surface area contributed by atoms with Crippen molar-refractivity contribution in [1.82, 2.24) is 10.1 Å². The first-order chi connectivity index (χ1) is 10.1. The molecular formula is C16H14BrN3O. The van der Waals surface area contributed by atoms with Gasteiger partial charge < -0.3 is 10.3 Å². The largest absolute Gasteiger partial charge is 0.398 e. The lowest BCUT2D eigenvalue weighted by molar-refractivity contribution is 0.424. The first kappa shape index (κ1) is 13.8. The van der Waals surface area contributed by atoms with E-state index in [2.05, 4.69) is 26.1 Å². The fourth-order valence-electron chi connectivity index (χ4n) is 2.00. The lowest BCUT2D eigenvalue weighted by Gasteiger charge is -2.00. The predicted molar refractivity (Wildman–Crippen MR) is 85.8 cm³/mol. The van der Waals surface area contributed by atoms with Gasteiger partial charge in [-0.05, 0) is 42.3 Å². The van der Waals surface area contributed by atoms with E-state index in [0.717, 1.165) is 26.9 Å². The summed E-state index contributed by atoms with van der Waals surface area (Å²) in [7, 11) is 0. The van der Waals surface area contributed by atoms with Crippen molar-refractivity contribution in [2.24, 2.45) is 0 Å². The van der Waals surface area contributed by atoms with Crippen molar-refractivity contribution in [3.8, 4) is 11.5 Å². The molecule has 3 aromatic rings. The Balaban J connectivity index is 1.82. The smallest absolute Gasteiger partial charge is 0.258 e. The molecule has 0 atom stereocenters. The summed E-state index contributed by atoms with van der Waals surface area (Å²) in [5.74, 6) is 1.15. The van der Waals surface area contributed by atoms with Gasteiger partial charge in [0, 0.05) is 22.1 Å². The standard InChI is InChI=1S/C16H14BrN3O/c1-10-2-5-12(9-14(10)18)16-19-15(20-21-16)8-11-3-6-13(17)7-4-11/h2-7,9H,8,18H2,1H3. The molecule has 3 rings (SSSR count). The number of nitrogens with two attached hydrogens (primary N) is 1. The normalized spacial score (nSPS) is 10.8. The predicted octanol–water partition coefficient (Wildman–Crippen LogP) is 3.98. The molecule has 0 bridgehead atoms. The molecule has 2 aromatic carbocycles. The Morgan fingerprint density at radius 1 is 1.14 bits per heavy atom. The Morgan fingerprint density at radius 2 is 1.90 bits per heavy atom. The third kappa shape index (κ3) is 3.13. The van der Waals surface area contributed by atoms with Crippen molar-refractivity contribution in [3.05, 3.63) is 63.9 Å². The molecule has 2 N–H and O–H groups in total. The Kier molecular flexibility index (Phi) is 3.75. The molecule has 0 spiro atoms. The molecule has 106 valence electrons. The fourth-order valence-corrected chi connectivity index (χ4v) is 2.27. The van der Waals surface area contributed by atoms with Gasteiger partial charge in [0.25, 0.3) is 5.89 Å². The van der Waals surface area contributed by atoms with E-state index in [4.69, 9.17) is 10.3 Å². The number of hydrogen-bond donors (Lipinski definition) is 1. The van der Waals surface area contributed by atoms with E-state index in [0.29, 0.717) is 18.1 Å². The van der Waals surface area contributed by atoms with Crippen LogP contribution in [0.4, 0.5) is 5.69 Å². The molecule has 5 heteroatoms. The molecule has 21 heavy (non-hydrogen) atoms. The summed E-state index contributed by atoms with van der Waals surface area (Å²) >= 11 is 3.42. The maximum Gasteiger partial charge on any atom is 0.258 e. The Labute approximate surface area is 131 Å². The average molecular weight is 344 g/mol. The Bertz CT molecular complexity index is 765. The fraction of sp³-hybridized carbons (Fsp3) is 0.125. The summed E-state index contributed by atoms with van der Waals surface area (Å²) in [6.07, 6.45) is 0.637. The SMILES string of the molecule is Cc1ccc(-c2nc(Cc3ccc(Br)cc3)no2)cc1N. The van der Waals surface area contributed by atoms with Crippen LogP contribution in [0.3, 0.4) is 0 Å². The van der Waals surface area contributed by atoms with Gasteiger partial charge in [0.2, 0.25) is 0 Å². The average Bonchev–Trinajstić information content (AvgIpc) is 2.93. The number of rotatable bonds is 3. The number of aromatic nitrogens is 2. The molecule has 0 fully saturated rings. The van der Waals surface area contributed by atoms with Crippen LogP contribution >= 0.6 is 15.9 Å². The molecule has 0 aliphatic rings. The summed E-state index contributed by atoms with van der Waals surface area (Å²) in [6, 6.07) is 13.8. The van der Waals surface area contributed by atoms with Crippen molar-refractivity contribution < 1.29 is 4.52 Å². The molecule has 1 heterocycles. The molecule has 0 saturated carbocycles. The highest BCUT2D eigenvalue weighted by Crippen LogP contribution is 2.22. The van der Waals surface area contributed by atoms with Gasteiger partial charge in [-0.25, -0.2) is 0 Å². The van der Waals surface area contributed by atoms with E-state index in [-0.39, 0.29) is 0 Å². The van der Waals surface area contributed by atoms with E-state index in [9.17, 15) is 0 Å². The highest BCUT2D eigenvalue weighted by atomic mass is 79.9. The van der Waals surface area contributed by atoms with Crippen LogP contribution in [0.15, 0.2) is 51.5 Å². The van der Waals surface area contributed by atoms with Gasteiger partial charge in [-0.3, -0.25) is 0 Å². The molecule has 4 nitrogen and oxygen atoms in total. The van der Waals surface area contributed by atoms with Crippen LogP contribution < -0.4 is 5.73 Å². The highest BCUT2D eigenvalue weighted by Gasteiger charge is 2.10. The first-order valence-corrected chi connectivity index (χ1v) is 7.34. The molecule has 0 aliphatic carbocycles. The van der Waals surface area contributed by atoms with Crippen LogP contribution in [0.2, 0.25) is 0 Å². The van der Waals surface area contributed by atoms with Crippen molar-refractivity contribution in [2.75, 3.05) is 5.73 Å². The third-order valence-electron chi connectivity index (χ3n) is 3.27. The number of nitrogen functional groups attached to an aromatic ring is 1. The summed E-state index contributed by atoms with van der Waals surface area (Å²) < 4.78 is 6.37. The van der Waals surface area contributed by atoms with Crippen molar-refractivity contribution >= 4 is 21.6 Å². The van der Waals surface area contributed by atoms with Crippen LogP contribution in [0.5, 0.6) is 0 Å². The summed E-state index contributed by atoms with van der Waals surface area (Å²) in [5, 5.41) is 4.02. The number of benzene rings is 2. The molecule has 0 amide bonds. The van der Waals surface area contributed by atoms with Crippen molar-refractivity contribution in [2.45, 2.75) is 13.3 Å². The maximum atomic E-state index is 5.91. The topological polar surface area (TPSA) is 64.9 Å². The highest BCUT2D eigenvalue weighted by molar-refractivity contribution is 9.10. The van der Waals surface area contributed by atoms with E-state index in [1.165, 1.54) is 0 Å². The van der Waals surface area contributed by atoms with Crippen molar-refractivity contribution in [1.29, 1.82) is 0 Å². The maximum absolute atomic E-state index is 5.91. The van der Waals surface area contributed by atoms with Crippen LogP contribution in [0, 0.1) is 6.92 Å². The molecular weight excluding hydrogens is 330 g/mol. The number of aryl methyl sites for hydroxylation is 1.